The number of piperidine rings is 2. The maximum atomic E-state index is 13.5. The Hall–Kier alpha value is -3.12. The SMILES string of the molecule is C=CC(=O)N(C)C1(c2ccccc2)CCN(CCCC2(c3ccc(Cl)c(Cl)c3)CCCN(C(=O)c3ccccc3)C2)CC1. The molecule has 2 fully saturated rings. The van der Waals surface area contributed by atoms with E-state index < -0.39 is 0 Å². The summed E-state index contributed by atoms with van der Waals surface area (Å²) in [5, 5.41) is 1.10. The molecule has 2 amide bonds. The molecule has 0 saturated carbocycles. The van der Waals surface area contributed by atoms with Gasteiger partial charge in [0.15, 0.2) is 0 Å². The third-order valence-electron chi connectivity index (χ3n) is 9.69. The molecule has 5 rings (SSSR count). The molecule has 0 aliphatic carbocycles. The number of carbonyl (C=O) groups excluding carboxylic acids is 2. The number of benzene rings is 3. The minimum Gasteiger partial charge on any atom is -0.338 e. The average Bonchev–Trinajstić information content (AvgIpc) is 3.06. The first-order valence-corrected chi connectivity index (χ1v) is 16.0. The van der Waals surface area contributed by atoms with Gasteiger partial charge in [0.1, 0.15) is 0 Å². The summed E-state index contributed by atoms with van der Waals surface area (Å²) in [5.41, 5.74) is 2.51. The largest absolute Gasteiger partial charge is 0.338 e. The van der Waals surface area contributed by atoms with E-state index in [0.29, 0.717) is 16.6 Å². The van der Waals surface area contributed by atoms with Crippen molar-refractivity contribution in [1.82, 2.24) is 14.7 Å². The normalized spacial score (nSPS) is 20.4. The second-order valence-corrected chi connectivity index (χ2v) is 12.9. The molecule has 2 heterocycles. The minimum atomic E-state index is -0.341. The predicted molar refractivity (Wildman–Crippen MR) is 176 cm³/mol. The Labute approximate surface area is 266 Å². The Morgan fingerprint density at radius 1 is 0.884 bits per heavy atom. The fraction of sp³-hybridized carbons (Fsp3) is 0.389. The van der Waals surface area contributed by atoms with E-state index in [9.17, 15) is 9.59 Å². The van der Waals surface area contributed by atoms with Gasteiger partial charge in [-0.2, -0.15) is 0 Å². The number of likely N-dealkylation sites (N-methyl/N-ethyl adjacent to an activating group) is 1. The molecule has 43 heavy (non-hydrogen) atoms. The van der Waals surface area contributed by atoms with Gasteiger partial charge in [-0.25, -0.2) is 0 Å². The van der Waals surface area contributed by atoms with Gasteiger partial charge in [0.05, 0.1) is 15.6 Å². The van der Waals surface area contributed by atoms with Gasteiger partial charge in [0.2, 0.25) is 5.91 Å². The van der Waals surface area contributed by atoms with E-state index in [1.54, 1.807) is 0 Å². The summed E-state index contributed by atoms with van der Waals surface area (Å²) in [6, 6.07) is 25.9. The Morgan fingerprint density at radius 2 is 1.56 bits per heavy atom. The highest BCUT2D eigenvalue weighted by Crippen LogP contribution is 2.42. The zero-order valence-electron chi connectivity index (χ0n) is 25.0. The van der Waals surface area contributed by atoms with Crippen LogP contribution < -0.4 is 0 Å². The highest BCUT2D eigenvalue weighted by molar-refractivity contribution is 6.42. The molecule has 1 atom stereocenters. The van der Waals surface area contributed by atoms with Crippen LogP contribution in [0.2, 0.25) is 10.0 Å². The molecule has 5 nitrogen and oxygen atoms in total. The number of rotatable bonds is 9. The molecular formula is C36H41Cl2N3O2. The number of amides is 2. The zero-order chi connectivity index (χ0) is 30.5. The first-order valence-electron chi connectivity index (χ1n) is 15.3. The van der Waals surface area contributed by atoms with Gasteiger partial charge in [-0.05, 0) is 86.5 Å². The third-order valence-corrected chi connectivity index (χ3v) is 10.4. The molecule has 226 valence electrons. The number of carbonyl (C=O) groups is 2. The number of hydrogen-bond donors (Lipinski definition) is 0. The average molecular weight is 619 g/mol. The maximum Gasteiger partial charge on any atom is 0.253 e. The molecule has 2 aliphatic rings. The Bertz CT molecular complexity index is 1420. The second-order valence-electron chi connectivity index (χ2n) is 12.0. The number of nitrogens with zero attached hydrogens (tertiary/aromatic N) is 3. The molecule has 0 radical (unpaired) electrons. The van der Waals surface area contributed by atoms with Crippen LogP contribution in [0.3, 0.4) is 0 Å². The fourth-order valence-corrected chi connectivity index (χ4v) is 7.48. The van der Waals surface area contributed by atoms with Crippen LogP contribution in [0.15, 0.2) is 91.5 Å². The smallest absolute Gasteiger partial charge is 0.253 e. The van der Waals surface area contributed by atoms with Crippen molar-refractivity contribution in [3.05, 3.63) is 118 Å². The summed E-state index contributed by atoms with van der Waals surface area (Å²) >= 11 is 12.8. The van der Waals surface area contributed by atoms with Crippen molar-refractivity contribution >= 4 is 35.0 Å². The van der Waals surface area contributed by atoms with Crippen molar-refractivity contribution in [2.45, 2.75) is 49.5 Å². The molecule has 2 saturated heterocycles. The minimum absolute atomic E-state index is 0.0484. The van der Waals surface area contributed by atoms with Gasteiger partial charge in [-0.1, -0.05) is 84.4 Å². The lowest BCUT2D eigenvalue weighted by Crippen LogP contribution is -2.53. The van der Waals surface area contributed by atoms with Crippen LogP contribution >= 0.6 is 23.2 Å². The molecule has 3 aromatic rings. The lowest BCUT2D eigenvalue weighted by atomic mass is 9.70. The molecule has 3 aromatic carbocycles. The van der Waals surface area contributed by atoms with Crippen molar-refractivity contribution in [1.29, 1.82) is 0 Å². The van der Waals surface area contributed by atoms with Crippen LogP contribution in [-0.4, -0.2) is 66.3 Å². The molecule has 7 heteroatoms. The third kappa shape index (κ3) is 6.69. The Morgan fingerprint density at radius 3 is 2.21 bits per heavy atom. The molecule has 0 aromatic heterocycles. The van der Waals surface area contributed by atoms with Crippen molar-refractivity contribution in [3.8, 4) is 0 Å². The number of halogens is 2. The van der Waals surface area contributed by atoms with Crippen LogP contribution in [-0.2, 0) is 15.7 Å². The summed E-state index contributed by atoms with van der Waals surface area (Å²) < 4.78 is 0. The molecule has 1 unspecified atom stereocenters. The standard InChI is InChI=1S/C36H41Cl2N3O2/c1-3-33(42)39(2)36(29-14-8-5-9-15-29)20-24-40(25-21-36)22-10-18-35(30-16-17-31(37)32(38)26-30)19-11-23-41(27-35)34(43)28-12-6-4-7-13-28/h3-9,12-17,26H,1,10-11,18-25,27H2,2H3. The van der Waals surface area contributed by atoms with Gasteiger partial charge >= 0.3 is 0 Å². The molecule has 0 N–H and O–H groups in total. The first kappa shape index (κ1) is 31.3. The maximum absolute atomic E-state index is 13.5. The highest BCUT2D eigenvalue weighted by Gasteiger charge is 2.42. The van der Waals surface area contributed by atoms with E-state index >= 15 is 0 Å². The van der Waals surface area contributed by atoms with Gasteiger partial charge in [0, 0.05) is 44.2 Å². The summed E-state index contributed by atoms with van der Waals surface area (Å²) in [6.45, 7) is 7.91. The van der Waals surface area contributed by atoms with Gasteiger partial charge in [-0.3, -0.25) is 9.59 Å². The topological polar surface area (TPSA) is 43.9 Å². The fourth-order valence-electron chi connectivity index (χ4n) is 7.18. The molecule has 0 bridgehead atoms. The molecular weight excluding hydrogens is 577 g/mol. The van der Waals surface area contributed by atoms with E-state index in [2.05, 4.69) is 29.7 Å². The molecule has 0 spiro atoms. The van der Waals surface area contributed by atoms with Crippen LogP contribution in [0.5, 0.6) is 0 Å². The van der Waals surface area contributed by atoms with E-state index in [1.807, 2.05) is 77.5 Å². The number of hydrogen-bond acceptors (Lipinski definition) is 3. The van der Waals surface area contributed by atoms with Crippen molar-refractivity contribution in [2.24, 2.45) is 0 Å². The van der Waals surface area contributed by atoms with E-state index in [4.69, 9.17) is 23.2 Å². The van der Waals surface area contributed by atoms with Crippen LogP contribution in [0.4, 0.5) is 0 Å². The quantitative estimate of drug-likeness (QED) is 0.232. The van der Waals surface area contributed by atoms with E-state index in [-0.39, 0.29) is 22.8 Å². The molecule has 2 aliphatic heterocycles. The van der Waals surface area contributed by atoms with Crippen molar-refractivity contribution in [3.63, 3.8) is 0 Å². The zero-order valence-corrected chi connectivity index (χ0v) is 26.5. The summed E-state index contributed by atoms with van der Waals surface area (Å²) in [6.07, 6.45) is 7.01. The summed E-state index contributed by atoms with van der Waals surface area (Å²) in [7, 11) is 1.90. The second kappa shape index (κ2) is 13.7. The summed E-state index contributed by atoms with van der Waals surface area (Å²) in [5.74, 6) is 0.0315. The lowest BCUT2D eigenvalue weighted by Gasteiger charge is -2.48. The highest BCUT2D eigenvalue weighted by atomic mass is 35.5. The lowest BCUT2D eigenvalue weighted by molar-refractivity contribution is -0.133. The first-order chi connectivity index (χ1) is 20.8. The van der Waals surface area contributed by atoms with Crippen molar-refractivity contribution < 1.29 is 9.59 Å². The van der Waals surface area contributed by atoms with Crippen molar-refractivity contribution in [2.75, 3.05) is 39.8 Å². The van der Waals surface area contributed by atoms with Crippen LogP contribution in [0.1, 0.15) is 60.0 Å². The van der Waals surface area contributed by atoms with E-state index in [1.165, 1.54) is 11.6 Å². The Balaban J connectivity index is 1.30. The van der Waals surface area contributed by atoms with Gasteiger partial charge in [-0.15, -0.1) is 0 Å². The van der Waals surface area contributed by atoms with Gasteiger partial charge < -0.3 is 14.7 Å². The Kier molecular flexibility index (Phi) is 9.95. The van der Waals surface area contributed by atoms with Crippen LogP contribution in [0, 0.1) is 0 Å². The monoisotopic (exact) mass is 617 g/mol. The van der Waals surface area contributed by atoms with Crippen LogP contribution in [0.25, 0.3) is 0 Å². The number of likely N-dealkylation sites (tertiary alicyclic amines) is 2. The predicted octanol–water partition coefficient (Wildman–Crippen LogP) is 7.58. The summed E-state index contributed by atoms with van der Waals surface area (Å²) in [4.78, 5) is 32.7. The van der Waals surface area contributed by atoms with Gasteiger partial charge in [0.25, 0.3) is 5.91 Å². The van der Waals surface area contributed by atoms with E-state index in [0.717, 1.165) is 75.8 Å².